The number of nitrogens with zero attached hydrogens (tertiary/aromatic N) is 3. The van der Waals surface area contributed by atoms with Crippen LogP contribution in [0.25, 0.3) is 21.3 Å². The van der Waals surface area contributed by atoms with Gasteiger partial charge in [-0.25, -0.2) is 4.79 Å². The van der Waals surface area contributed by atoms with Crippen molar-refractivity contribution in [1.29, 1.82) is 0 Å². The first-order valence-corrected chi connectivity index (χ1v) is 12.9. The topological polar surface area (TPSA) is 66.1 Å². The van der Waals surface area contributed by atoms with Gasteiger partial charge in [0.25, 0.3) is 5.56 Å². The zero-order chi connectivity index (χ0) is 26.5. The van der Waals surface area contributed by atoms with E-state index in [0.717, 1.165) is 63.2 Å². The first-order chi connectivity index (χ1) is 17.4. The molecule has 0 bridgehead atoms. The molecule has 37 heavy (non-hydrogen) atoms. The Morgan fingerprint density at radius 3 is 2.59 bits per heavy atom. The van der Waals surface area contributed by atoms with Crippen LogP contribution < -0.4 is 16.0 Å². The highest BCUT2D eigenvalue weighted by Gasteiger charge is 2.35. The molecule has 3 aromatic heterocycles. The van der Waals surface area contributed by atoms with E-state index in [1.165, 1.54) is 11.3 Å². The molecular weight excluding hydrogens is 527 g/mol. The number of fused-ring (bicyclic) bond motifs is 1. The maximum absolute atomic E-state index is 12.9. The summed E-state index contributed by atoms with van der Waals surface area (Å²) in [5.41, 5.74) is 1.23. The van der Waals surface area contributed by atoms with Crippen LogP contribution in [0.3, 0.4) is 0 Å². The maximum atomic E-state index is 12.9. The summed E-state index contributed by atoms with van der Waals surface area (Å²) in [5.74, 6) is 0.739. The number of hydrogen-bond acceptors (Lipinski definition) is 5. The lowest BCUT2D eigenvalue weighted by molar-refractivity contribution is -0.141. The number of aromatic nitrogens is 3. The molecule has 1 aliphatic rings. The van der Waals surface area contributed by atoms with Crippen LogP contribution in [0, 0.1) is 6.92 Å². The molecule has 0 unspecified atom stereocenters. The fourth-order valence-electron chi connectivity index (χ4n) is 4.54. The molecule has 3 heterocycles. The number of alkyl halides is 3. The summed E-state index contributed by atoms with van der Waals surface area (Å²) in [5, 5.41) is 0.557. The predicted molar refractivity (Wildman–Crippen MR) is 138 cm³/mol. The van der Waals surface area contributed by atoms with Crippen molar-refractivity contribution in [2.24, 2.45) is 0 Å². The Kier molecular flexibility index (Phi) is 6.44. The van der Waals surface area contributed by atoms with Crippen LogP contribution in [-0.2, 0) is 13.1 Å². The molecule has 1 aromatic carbocycles. The SMILES string of the molecule is Cc1cc(Cl)cc(-c2ccnc3cc(Cn4c(=O)ccn(CC(F)(F)F)c4=O)sc23)c1OC1(C)CCC1. The number of hydrogen-bond donors (Lipinski definition) is 0. The molecule has 0 amide bonds. The zero-order valence-corrected chi connectivity index (χ0v) is 21.6. The van der Waals surface area contributed by atoms with Crippen molar-refractivity contribution in [2.45, 2.75) is 58.0 Å². The minimum absolute atomic E-state index is 0.174. The highest BCUT2D eigenvalue weighted by atomic mass is 35.5. The molecule has 5 rings (SSSR count). The Hall–Kier alpha value is -3.11. The molecular formula is C26H23ClF3N3O3S. The molecule has 11 heteroatoms. The highest BCUT2D eigenvalue weighted by molar-refractivity contribution is 7.19. The van der Waals surface area contributed by atoms with E-state index < -0.39 is 24.0 Å². The Labute approximate surface area is 218 Å². The van der Waals surface area contributed by atoms with Crippen LogP contribution >= 0.6 is 22.9 Å². The number of thiophene rings is 1. The Morgan fingerprint density at radius 2 is 1.92 bits per heavy atom. The van der Waals surface area contributed by atoms with Gasteiger partial charge >= 0.3 is 11.9 Å². The average molecular weight is 550 g/mol. The molecule has 0 N–H and O–H groups in total. The standard InChI is InChI=1S/C26H23ClF3N3O3S/c1-15-10-16(27)11-19(22(15)36-25(2)6-3-7-25)18-4-8-31-20-12-17(37-23(18)20)13-33-21(34)5-9-32(24(33)35)14-26(28,29)30/h4-5,8-12H,3,6-7,13-14H2,1-2H3. The number of aryl methyl sites for hydroxylation is 1. The second kappa shape index (κ2) is 9.33. The van der Waals surface area contributed by atoms with Crippen molar-refractivity contribution in [3.63, 3.8) is 0 Å². The summed E-state index contributed by atoms with van der Waals surface area (Å²) in [6.07, 6.45) is 0.959. The number of rotatable bonds is 6. The van der Waals surface area contributed by atoms with Crippen molar-refractivity contribution in [3.8, 4) is 16.9 Å². The van der Waals surface area contributed by atoms with Gasteiger partial charge in [-0.1, -0.05) is 11.6 Å². The van der Waals surface area contributed by atoms with Gasteiger partial charge in [-0.2, -0.15) is 13.2 Å². The zero-order valence-electron chi connectivity index (χ0n) is 20.1. The van der Waals surface area contributed by atoms with Crippen molar-refractivity contribution in [1.82, 2.24) is 14.1 Å². The van der Waals surface area contributed by atoms with E-state index in [0.29, 0.717) is 20.0 Å². The van der Waals surface area contributed by atoms with Gasteiger partial charge in [0.1, 0.15) is 17.9 Å². The highest BCUT2D eigenvalue weighted by Crippen LogP contribution is 2.45. The summed E-state index contributed by atoms with van der Waals surface area (Å²) in [6, 6.07) is 8.26. The van der Waals surface area contributed by atoms with Crippen LogP contribution in [0.5, 0.6) is 5.75 Å². The third kappa shape index (κ3) is 5.17. The van der Waals surface area contributed by atoms with E-state index in [1.807, 2.05) is 25.1 Å². The van der Waals surface area contributed by atoms with Gasteiger partial charge in [0, 0.05) is 39.5 Å². The first kappa shape index (κ1) is 25.5. The van der Waals surface area contributed by atoms with Crippen molar-refractivity contribution < 1.29 is 17.9 Å². The lowest BCUT2D eigenvalue weighted by Gasteiger charge is -2.39. The molecule has 1 fully saturated rings. The molecule has 1 saturated carbocycles. The second-order valence-corrected chi connectivity index (χ2v) is 11.1. The smallest absolute Gasteiger partial charge is 0.406 e. The van der Waals surface area contributed by atoms with Gasteiger partial charge in [0.2, 0.25) is 0 Å². The largest absolute Gasteiger partial charge is 0.487 e. The van der Waals surface area contributed by atoms with Crippen molar-refractivity contribution in [2.75, 3.05) is 0 Å². The normalized spacial score (nSPS) is 15.1. The molecule has 0 atom stereocenters. The molecule has 0 radical (unpaired) electrons. The van der Waals surface area contributed by atoms with E-state index in [1.54, 1.807) is 12.3 Å². The van der Waals surface area contributed by atoms with Gasteiger partial charge < -0.3 is 4.74 Å². The number of pyridine rings is 1. The number of halogens is 4. The quantitative estimate of drug-likeness (QED) is 0.288. The minimum Gasteiger partial charge on any atom is -0.487 e. The lowest BCUT2D eigenvalue weighted by atomic mass is 9.81. The van der Waals surface area contributed by atoms with Crippen LogP contribution in [0.2, 0.25) is 5.02 Å². The minimum atomic E-state index is -4.59. The van der Waals surface area contributed by atoms with E-state index in [-0.39, 0.29) is 12.1 Å². The summed E-state index contributed by atoms with van der Waals surface area (Å²) >= 11 is 7.74. The lowest BCUT2D eigenvalue weighted by Crippen LogP contribution is -2.41. The van der Waals surface area contributed by atoms with Gasteiger partial charge in [-0.3, -0.25) is 18.9 Å². The molecule has 6 nitrogen and oxygen atoms in total. The molecule has 4 aromatic rings. The van der Waals surface area contributed by atoms with Crippen LogP contribution in [0.1, 0.15) is 36.6 Å². The monoisotopic (exact) mass is 549 g/mol. The third-order valence-corrected chi connectivity index (χ3v) is 7.92. The van der Waals surface area contributed by atoms with Gasteiger partial charge in [-0.05, 0) is 62.9 Å². The third-order valence-electron chi connectivity index (χ3n) is 6.56. The molecule has 0 spiro atoms. The number of benzene rings is 1. The van der Waals surface area contributed by atoms with E-state index in [2.05, 4.69) is 11.9 Å². The molecule has 194 valence electrons. The predicted octanol–water partition coefficient (Wildman–Crippen LogP) is 6.18. The van der Waals surface area contributed by atoms with E-state index >= 15 is 0 Å². The summed E-state index contributed by atoms with van der Waals surface area (Å²) in [6.45, 7) is 2.38. The Morgan fingerprint density at radius 1 is 1.16 bits per heavy atom. The summed E-state index contributed by atoms with van der Waals surface area (Å²) in [7, 11) is 0. The molecule has 0 aliphatic heterocycles. The molecule has 0 saturated heterocycles. The molecule has 1 aliphatic carbocycles. The van der Waals surface area contributed by atoms with Crippen LogP contribution in [0.15, 0.2) is 52.3 Å². The number of ether oxygens (including phenoxy) is 1. The fourth-order valence-corrected chi connectivity index (χ4v) is 5.94. The van der Waals surface area contributed by atoms with Crippen LogP contribution in [0.4, 0.5) is 13.2 Å². The Bertz CT molecular complexity index is 1620. The van der Waals surface area contributed by atoms with E-state index in [4.69, 9.17) is 16.3 Å². The fraction of sp³-hybridized carbons (Fsp3) is 0.346. The first-order valence-electron chi connectivity index (χ1n) is 11.7. The van der Waals surface area contributed by atoms with Crippen molar-refractivity contribution >= 4 is 33.2 Å². The summed E-state index contributed by atoms with van der Waals surface area (Å²) in [4.78, 5) is 30.1. The summed E-state index contributed by atoms with van der Waals surface area (Å²) < 4.78 is 47.2. The maximum Gasteiger partial charge on any atom is 0.406 e. The van der Waals surface area contributed by atoms with Crippen molar-refractivity contribution in [3.05, 3.63) is 79.0 Å². The van der Waals surface area contributed by atoms with Crippen LogP contribution in [-0.4, -0.2) is 25.9 Å². The van der Waals surface area contributed by atoms with Gasteiger partial charge in [-0.15, -0.1) is 11.3 Å². The average Bonchev–Trinajstić information content (AvgIpc) is 3.21. The van der Waals surface area contributed by atoms with E-state index in [9.17, 15) is 22.8 Å². The Balaban J connectivity index is 1.58. The second-order valence-electron chi connectivity index (χ2n) is 9.56. The van der Waals surface area contributed by atoms with Gasteiger partial charge in [0.05, 0.1) is 16.8 Å². The van der Waals surface area contributed by atoms with Gasteiger partial charge in [0.15, 0.2) is 0 Å².